The van der Waals surface area contributed by atoms with Gasteiger partial charge in [-0.15, -0.1) is 0 Å². The lowest BCUT2D eigenvalue weighted by molar-refractivity contribution is -0.144. The number of morpholine rings is 1. The van der Waals surface area contributed by atoms with Crippen LogP contribution in [0.25, 0.3) is 22.2 Å². The number of fused-ring (bicyclic) bond motifs is 1. The van der Waals surface area contributed by atoms with Gasteiger partial charge in [0.25, 0.3) is 0 Å². The van der Waals surface area contributed by atoms with Crippen molar-refractivity contribution in [3.8, 4) is 11.3 Å². The van der Waals surface area contributed by atoms with E-state index >= 15 is 0 Å². The highest BCUT2D eigenvalue weighted by molar-refractivity contribution is 7.89. The number of nitrogens with zero attached hydrogens (tertiary/aromatic N) is 2. The summed E-state index contributed by atoms with van der Waals surface area (Å²) in [4.78, 5) is 15.2. The second-order valence-electron chi connectivity index (χ2n) is 10.9. The molecule has 210 valence electrons. The first-order valence-electron chi connectivity index (χ1n) is 13.8. The van der Waals surface area contributed by atoms with Crippen molar-refractivity contribution in [1.82, 2.24) is 14.2 Å². The lowest BCUT2D eigenvalue weighted by Crippen LogP contribution is -2.50. The molecule has 1 atom stereocenters. The highest BCUT2D eigenvalue weighted by atomic mass is 32.2. The van der Waals surface area contributed by atoms with Crippen molar-refractivity contribution >= 4 is 26.8 Å². The molecule has 2 aromatic carbocycles. The molecule has 0 unspecified atom stereocenters. The van der Waals surface area contributed by atoms with Crippen molar-refractivity contribution in [3.05, 3.63) is 54.1 Å². The van der Waals surface area contributed by atoms with E-state index in [0.29, 0.717) is 52.0 Å². The predicted octanol–water partition coefficient (Wildman–Crippen LogP) is 4.12. The van der Waals surface area contributed by atoms with Gasteiger partial charge in [-0.3, -0.25) is 4.79 Å². The summed E-state index contributed by atoms with van der Waals surface area (Å²) in [7, 11) is -0.0228. The number of hydrogen-bond donors (Lipinski definition) is 1. The Labute approximate surface area is 231 Å². The Bertz CT molecular complexity index is 1410. The van der Waals surface area contributed by atoms with E-state index < -0.39 is 10.0 Å². The number of aryl methyl sites for hydroxylation is 1. The van der Waals surface area contributed by atoms with Crippen molar-refractivity contribution in [2.24, 2.45) is 13.0 Å². The van der Waals surface area contributed by atoms with Gasteiger partial charge in [0.05, 0.1) is 30.8 Å². The zero-order valence-electron chi connectivity index (χ0n) is 23.1. The van der Waals surface area contributed by atoms with Crippen molar-refractivity contribution in [2.75, 3.05) is 33.5 Å². The maximum Gasteiger partial charge on any atom is 0.240 e. The van der Waals surface area contributed by atoms with Crippen LogP contribution in [-0.2, 0) is 37.8 Å². The summed E-state index contributed by atoms with van der Waals surface area (Å²) >= 11 is 0. The minimum atomic E-state index is -3.69. The molecular formula is C30H39N3O5S. The summed E-state index contributed by atoms with van der Waals surface area (Å²) in [5, 5.41) is 0.992. The minimum Gasteiger partial charge on any atom is -0.384 e. The number of methoxy groups -OCH3 is 1. The smallest absolute Gasteiger partial charge is 0.240 e. The number of ether oxygens (including phenoxy) is 2. The highest BCUT2D eigenvalue weighted by Crippen LogP contribution is 2.31. The Morgan fingerprint density at radius 2 is 1.82 bits per heavy atom. The number of carbonyl (C=O) groups excluding carboxylic acids is 1. The fourth-order valence-corrected chi connectivity index (χ4v) is 7.18. The van der Waals surface area contributed by atoms with Gasteiger partial charge in [-0.1, -0.05) is 30.3 Å². The van der Waals surface area contributed by atoms with Gasteiger partial charge in [0.2, 0.25) is 15.9 Å². The SMILES string of the molecule is COCCc1ccc(-c2cc3ccc(S(=O)(=O)N[C@H]4CC[C@H](C(=O)N5CCOC[C@@H]5C)CC4)cc3n2C)cc1. The molecule has 2 fully saturated rings. The van der Waals surface area contributed by atoms with Crippen LogP contribution in [0.3, 0.4) is 0 Å². The quantitative estimate of drug-likeness (QED) is 0.453. The Hall–Kier alpha value is -2.72. The molecule has 1 aliphatic carbocycles. The standard InChI is InChI=1S/C30H39N3O5S/c1-21-20-38-17-15-33(21)30(34)24-8-11-26(12-9-24)31-39(35,36)27-13-10-25-18-28(32(2)29(25)19-27)23-6-4-22(5-7-23)14-16-37-3/h4-7,10,13,18-19,21,24,26,31H,8-9,11-12,14-17,20H2,1-3H3/t21-,24-,26-/m0/s1. The molecular weight excluding hydrogens is 514 g/mol. The molecule has 3 aromatic rings. The second kappa shape index (κ2) is 11.8. The van der Waals surface area contributed by atoms with Crippen molar-refractivity contribution < 1.29 is 22.7 Å². The van der Waals surface area contributed by atoms with Gasteiger partial charge in [0, 0.05) is 49.3 Å². The van der Waals surface area contributed by atoms with Crippen LogP contribution >= 0.6 is 0 Å². The molecule has 1 aliphatic heterocycles. The third-order valence-corrected chi connectivity index (χ3v) is 9.74. The third kappa shape index (κ3) is 6.06. The molecule has 5 rings (SSSR count). The zero-order valence-corrected chi connectivity index (χ0v) is 23.9. The van der Waals surface area contributed by atoms with E-state index in [1.807, 2.05) is 29.5 Å². The van der Waals surface area contributed by atoms with Crippen molar-refractivity contribution in [3.63, 3.8) is 0 Å². The Balaban J connectivity index is 1.25. The molecule has 39 heavy (non-hydrogen) atoms. The van der Waals surface area contributed by atoms with E-state index in [9.17, 15) is 13.2 Å². The number of hydrogen-bond acceptors (Lipinski definition) is 5. The first-order valence-corrected chi connectivity index (χ1v) is 15.3. The predicted molar refractivity (Wildman–Crippen MR) is 152 cm³/mol. The van der Waals surface area contributed by atoms with Crippen molar-refractivity contribution in [2.45, 2.75) is 56.0 Å². The van der Waals surface area contributed by atoms with E-state index in [4.69, 9.17) is 9.47 Å². The Morgan fingerprint density at radius 1 is 1.08 bits per heavy atom. The number of sulfonamides is 1. The summed E-state index contributed by atoms with van der Waals surface area (Å²) in [5.74, 6) is 0.139. The van der Waals surface area contributed by atoms with E-state index in [-0.39, 0.29) is 28.8 Å². The third-order valence-electron chi connectivity index (χ3n) is 8.22. The average Bonchev–Trinajstić information content (AvgIpc) is 3.28. The zero-order chi connectivity index (χ0) is 27.6. The molecule has 9 heteroatoms. The number of aromatic nitrogens is 1. The van der Waals surface area contributed by atoms with Gasteiger partial charge >= 0.3 is 0 Å². The number of amides is 1. The maximum atomic E-state index is 13.3. The van der Waals surface area contributed by atoms with Crippen LogP contribution in [-0.4, -0.2) is 69.4 Å². The van der Waals surface area contributed by atoms with Crippen LogP contribution < -0.4 is 4.72 Å². The summed E-state index contributed by atoms with van der Waals surface area (Å²) < 4.78 is 42.3. The molecule has 1 saturated carbocycles. The molecule has 1 N–H and O–H groups in total. The summed E-state index contributed by atoms with van der Waals surface area (Å²) in [6.45, 7) is 4.50. The number of nitrogens with one attached hydrogen (secondary N) is 1. The molecule has 8 nitrogen and oxygen atoms in total. The number of benzene rings is 2. The summed E-state index contributed by atoms with van der Waals surface area (Å²) in [6, 6.07) is 15.7. The van der Waals surface area contributed by atoms with Crippen LogP contribution in [0.5, 0.6) is 0 Å². The first kappa shape index (κ1) is 27.8. The average molecular weight is 554 g/mol. The van der Waals surface area contributed by atoms with Crippen LogP contribution in [0.4, 0.5) is 0 Å². The lowest BCUT2D eigenvalue weighted by atomic mass is 9.85. The van der Waals surface area contributed by atoms with Gasteiger partial charge < -0.3 is 18.9 Å². The van der Waals surface area contributed by atoms with Gasteiger partial charge in [-0.05, 0) is 68.4 Å². The van der Waals surface area contributed by atoms with Crippen LogP contribution in [0.2, 0.25) is 0 Å². The van der Waals surface area contributed by atoms with Gasteiger partial charge in [0.1, 0.15) is 0 Å². The molecule has 1 amide bonds. The minimum absolute atomic E-state index is 0.0431. The molecule has 0 radical (unpaired) electrons. The second-order valence-corrected chi connectivity index (χ2v) is 12.6. The topological polar surface area (TPSA) is 89.9 Å². The van der Waals surface area contributed by atoms with Crippen molar-refractivity contribution in [1.29, 1.82) is 0 Å². The fourth-order valence-electron chi connectivity index (χ4n) is 5.85. The van der Waals surface area contributed by atoms with Crippen LogP contribution in [0.1, 0.15) is 38.2 Å². The molecule has 2 aliphatic rings. The molecule has 1 aromatic heterocycles. The van der Waals surface area contributed by atoms with Crippen LogP contribution in [0.15, 0.2) is 53.4 Å². The van der Waals surface area contributed by atoms with Gasteiger partial charge in [-0.25, -0.2) is 13.1 Å². The monoisotopic (exact) mass is 553 g/mol. The molecule has 0 spiro atoms. The molecule has 0 bridgehead atoms. The normalized spacial score (nSPS) is 22.3. The maximum absolute atomic E-state index is 13.3. The van der Waals surface area contributed by atoms with Gasteiger partial charge in [-0.2, -0.15) is 0 Å². The first-order chi connectivity index (χ1) is 18.8. The fraction of sp³-hybridized carbons (Fsp3) is 0.500. The largest absolute Gasteiger partial charge is 0.384 e. The lowest BCUT2D eigenvalue weighted by Gasteiger charge is -2.37. The molecule has 1 saturated heterocycles. The van der Waals surface area contributed by atoms with E-state index in [0.717, 1.165) is 28.6 Å². The Kier molecular flexibility index (Phi) is 8.42. The molecule has 2 heterocycles. The number of rotatable bonds is 8. The van der Waals surface area contributed by atoms with Crippen LogP contribution in [0, 0.1) is 5.92 Å². The highest BCUT2D eigenvalue weighted by Gasteiger charge is 2.34. The Morgan fingerprint density at radius 3 is 2.51 bits per heavy atom. The van der Waals surface area contributed by atoms with E-state index in [1.54, 1.807) is 19.2 Å². The van der Waals surface area contributed by atoms with E-state index in [2.05, 4.69) is 35.1 Å². The summed E-state index contributed by atoms with van der Waals surface area (Å²) in [6.07, 6.45) is 3.57. The summed E-state index contributed by atoms with van der Waals surface area (Å²) in [5.41, 5.74) is 4.19. The van der Waals surface area contributed by atoms with Gasteiger partial charge in [0.15, 0.2) is 0 Å². The van der Waals surface area contributed by atoms with E-state index in [1.165, 1.54) is 5.56 Å². The number of carbonyl (C=O) groups is 1.